The summed E-state index contributed by atoms with van der Waals surface area (Å²) in [5.74, 6) is -0.992. The third kappa shape index (κ3) is 7.01. The fourth-order valence-electron chi connectivity index (χ4n) is 4.33. The predicted octanol–water partition coefficient (Wildman–Crippen LogP) is 4.29. The van der Waals surface area contributed by atoms with Gasteiger partial charge in [-0.15, -0.1) is 0 Å². The SMILES string of the molecule is Cc1cc(-c2cc3cnc(N[C@@H]4CNC[C@@H](F)C4)nc3n(C(C)C)c2=O)cnc1NS(=O)(=O)CCC(F)(F)F.[HH].[HH].[HH]. The summed E-state index contributed by atoms with van der Waals surface area (Å²) in [6.07, 6.45) is -3.93. The first kappa shape index (κ1) is 28.7. The molecule has 0 bridgehead atoms. The molecule has 1 aliphatic heterocycles. The number of piperidine rings is 1. The number of fused-ring (bicyclic) bond motifs is 1. The lowest BCUT2D eigenvalue weighted by Crippen LogP contribution is -2.44. The average molecular weight is 578 g/mol. The molecule has 2 atom stereocenters. The molecule has 218 valence electrons. The topological polar surface area (TPSA) is 131 Å². The zero-order chi connectivity index (χ0) is 28.5. The van der Waals surface area contributed by atoms with Gasteiger partial charge in [0.25, 0.3) is 5.56 Å². The van der Waals surface area contributed by atoms with Crippen LogP contribution in [0.15, 0.2) is 29.3 Å². The molecule has 4 rings (SSSR count). The number of hydrogen-bond donors (Lipinski definition) is 3. The highest BCUT2D eigenvalue weighted by Gasteiger charge is 2.30. The summed E-state index contributed by atoms with van der Waals surface area (Å²) in [6.45, 7) is 6.02. The minimum Gasteiger partial charge on any atom is -0.350 e. The number of aryl methyl sites for hydroxylation is 1. The highest BCUT2D eigenvalue weighted by molar-refractivity contribution is 7.92. The van der Waals surface area contributed by atoms with Gasteiger partial charge in [-0.25, -0.2) is 22.8 Å². The third-order valence-corrected chi connectivity index (χ3v) is 7.46. The molecule has 0 unspecified atom stereocenters. The molecule has 0 saturated carbocycles. The van der Waals surface area contributed by atoms with E-state index in [-0.39, 0.29) is 39.3 Å². The predicted molar refractivity (Wildman–Crippen MR) is 146 cm³/mol. The van der Waals surface area contributed by atoms with Crippen LogP contribution in [-0.4, -0.2) is 65.2 Å². The molecule has 39 heavy (non-hydrogen) atoms. The van der Waals surface area contributed by atoms with Crippen LogP contribution in [0.3, 0.4) is 0 Å². The lowest BCUT2D eigenvalue weighted by atomic mass is 10.1. The molecule has 3 aromatic heterocycles. The van der Waals surface area contributed by atoms with Crippen LogP contribution in [0.1, 0.15) is 42.6 Å². The minimum absolute atomic E-state index is 0. The Morgan fingerprint density at radius 1 is 1.21 bits per heavy atom. The first-order chi connectivity index (χ1) is 18.2. The van der Waals surface area contributed by atoms with E-state index in [1.807, 2.05) is 13.8 Å². The summed E-state index contributed by atoms with van der Waals surface area (Å²) in [6, 6.07) is 2.64. The summed E-state index contributed by atoms with van der Waals surface area (Å²) >= 11 is 0. The second kappa shape index (κ2) is 11.0. The molecule has 1 saturated heterocycles. The van der Waals surface area contributed by atoms with E-state index in [1.165, 1.54) is 23.8 Å². The standard InChI is InChI=1S/C24H29F4N7O3S.3H2/c1-13(2)35-21-16(10-31-23(33-21)32-18-8-17(25)11-29-12-18)7-19(22(35)36)15-6-14(3)20(30-9-15)34-39(37,38)5-4-24(26,27)28;;;/h6-7,9-10,13,17-18,29H,4-5,8,11-12H2,1-3H3,(H,30,34)(H,31,32,33);3*1H/t17-,18-;;;/m0.../s1. The van der Waals surface area contributed by atoms with Crippen molar-refractivity contribution in [2.45, 2.75) is 58.0 Å². The number of aromatic nitrogens is 4. The number of hydrogen-bond acceptors (Lipinski definition) is 8. The van der Waals surface area contributed by atoms with Gasteiger partial charge in [0.2, 0.25) is 16.0 Å². The maximum atomic E-state index is 13.8. The van der Waals surface area contributed by atoms with Crippen LogP contribution < -0.4 is 20.9 Å². The summed E-state index contributed by atoms with van der Waals surface area (Å²) in [7, 11) is -4.29. The zero-order valence-corrected chi connectivity index (χ0v) is 22.3. The Hall–Kier alpha value is -3.33. The van der Waals surface area contributed by atoms with Gasteiger partial charge in [-0.1, -0.05) is 0 Å². The van der Waals surface area contributed by atoms with Gasteiger partial charge in [-0.2, -0.15) is 18.2 Å². The molecule has 0 radical (unpaired) electrons. The van der Waals surface area contributed by atoms with Crippen LogP contribution in [0.5, 0.6) is 0 Å². The summed E-state index contributed by atoms with van der Waals surface area (Å²) < 4.78 is 78.9. The van der Waals surface area contributed by atoms with Crippen molar-refractivity contribution in [1.82, 2.24) is 24.8 Å². The van der Waals surface area contributed by atoms with Crippen molar-refractivity contribution in [2.24, 2.45) is 0 Å². The van der Waals surface area contributed by atoms with Gasteiger partial charge in [0.1, 0.15) is 17.6 Å². The molecular weight excluding hydrogens is 542 g/mol. The third-order valence-electron chi connectivity index (χ3n) is 6.22. The van der Waals surface area contributed by atoms with E-state index >= 15 is 0 Å². The Balaban J connectivity index is 0.00000294. The Labute approximate surface area is 226 Å². The van der Waals surface area contributed by atoms with Gasteiger partial charge < -0.3 is 10.6 Å². The first-order valence-electron chi connectivity index (χ1n) is 12.3. The van der Waals surface area contributed by atoms with Crippen LogP contribution in [0.4, 0.5) is 29.3 Å². The number of sulfonamides is 1. The molecule has 0 spiro atoms. The van der Waals surface area contributed by atoms with Crippen molar-refractivity contribution >= 4 is 32.8 Å². The maximum Gasteiger partial charge on any atom is 0.390 e. The Morgan fingerprint density at radius 2 is 1.95 bits per heavy atom. The zero-order valence-electron chi connectivity index (χ0n) is 21.5. The number of anilines is 2. The van der Waals surface area contributed by atoms with Gasteiger partial charge >= 0.3 is 6.18 Å². The fraction of sp³-hybridized carbons (Fsp3) is 0.500. The van der Waals surface area contributed by atoms with E-state index in [0.29, 0.717) is 41.7 Å². The molecule has 3 aromatic rings. The van der Waals surface area contributed by atoms with Crippen molar-refractivity contribution in [3.8, 4) is 11.1 Å². The molecule has 15 heteroatoms. The second-order valence-electron chi connectivity index (χ2n) is 9.81. The Morgan fingerprint density at radius 3 is 2.59 bits per heavy atom. The van der Waals surface area contributed by atoms with Crippen LogP contribution in [0.2, 0.25) is 0 Å². The average Bonchev–Trinajstić information content (AvgIpc) is 2.83. The molecule has 4 heterocycles. The van der Waals surface area contributed by atoms with Crippen molar-refractivity contribution in [3.63, 3.8) is 0 Å². The highest BCUT2D eigenvalue weighted by atomic mass is 32.2. The van der Waals surface area contributed by atoms with E-state index in [2.05, 4.69) is 30.3 Å². The summed E-state index contributed by atoms with van der Waals surface area (Å²) in [5, 5.41) is 6.68. The normalized spacial score (nSPS) is 18.5. The van der Waals surface area contributed by atoms with E-state index in [0.717, 1.165) is 0 Å². The molecule has 1 fully saturated rings. The van der Waals surface area contributed by atoms with Crippen molar-refractivity contribution in [2.75, 3.05) is 28.9 Å². The lowest BCUT2D eigenvalue weighted by Gasteiger charge is -2.26. The van der Waals surface area contributed by atoms with Crippen molar-refractivity contribution in [1.29, 1.82) is 0 Å². The highest BCUT2D eigenvalue weighted by Crippen LogP contribution is 2.26. The Kier molecular flexibility index (Phi) is 8.12. The van der Waals surface area contributed by atoms with Crippen molar-refractivity contribution in [3.05, 3.63) is 40.4 Å². The molecule has 3 N–H and O–H groups in total. The molecule has 10 nitrogen and oxygen atoms in total. The van der Waals surface area contributed by atoms with Gasteiger partial charge in [-0.05, 0) is 38.5 Å². The largest absolute Gasteiger partial charge is 0.390 e. The Bertz CT molecular complexity index is 1540. The van der Waals surface area contributed by atoms with Crippen LogP contribution >= 0.6 is 0 Å². The van der Waals surface area contributed by atoms with E-state index in [9.17, 15) is 30.8 Å². The summed E-state index contributed by atoms with van der Waals surface area (Å²) in [4.78, 5) is 26.5. The number of halogens is 4. The minimum atomic E-state index is -4.61. The number of nitrogens with zero attached hydrogens (tertiary/aromatic N) is 4. The van der Waals surface area contributed by atoms with Crippen LogP contribution in [0.25, 0.3) is 22.2 Å². The molecule has 0 aliphatic carbocycles. The second-order valence-corrected chi connectivity index (χ2v) is 11.6. The van der Waals surface area contributed by atoms with Crippen LogP contribution in [-0.2, 0) is 10.0 Å². The van der Waals surface area contributed by atoms with Gasteiger partial charge in [0.05, 0.1) is 12.2 Å². The van der Waals surface area contributed by atoms with E-state index < -0.39 is 34.5 Å². The monoisotopic (exact) mass is 577 g/mol. The fourth-order valence-corrected chi connectivity index (χ4v) is 5.45. The van der Waals surface area contributed by atoms with Gasteiger partial charge in [-0.3, -0.25) is 14.1 Å². The van der Waals surface area contributed by atoms with Gasteiger partial charge in [0.15, 0.2) is 0 Å². The summed E-state index contributed by atoms with van der Waals surface area (Å²) in [5.41, 5.74) is 0.984. The lowest BCUT2D eigenvalue weighted by molar-refractivity contribution is -0.129. The van der Waals surface area contributed by atoms with Crippen molar-refractivity contribution < 1.29 is 30.3 Å². The smallest absolute Gasteiger partial charge is 0.350 e. The van der Waals surface area contributed by atoms with Crippen LogP contribution in [0, 0.1) is 6.92 Å². The first-order valence-corrected chi connectivity index (χ1v) is 14.0. The quantitative estimate of drug-likeness (QED) is 0.338. The van der Waals surface area contributed by atoms with Gasteiger partial charge in [0, 0.05) is 64.8 Å². The van der Waals surface area contributed by atoms with E-state index in [1.54, 1.807) is 12.3 Å². The molecule has 0 amide bonds. The number of alkyl halides is 4. The number of nitrogens with one attached hydrogen (secondary N) is 3. The van der Waals surface area contributed by atoms with E-state index in [4.69, 9.17) is 0 Å². The molecule has 1 aliphatic rings. The molecular formula is C24H35F4N7O3S. The maximum absolute atomic E-state index is 13.8. The molecule has 0 aromatic carbocycles. The number of pyridine rings is 2. The number of rotatable bonds is 8.